The molecule has 0 fully saturated rings. The lowest BCUT2D eigenvalue weighted by molar-refractivity contribution is 0.0692. The van der Waals surface area contributed by atoms with Gasteiger partial charge in [0.25, 0.3) is 5.91 Å². The monoisotopic (exact) mass is 325 g/mol. The van der Waals surface area contributed by atoms with Gasteiger partial charge in [0.15, 0.2) is 0 Å². The number of carbonyl (C=O) groups is 2. The fourth-order valence-corrected chi connectivity index (χ4v) is 2.02. The van der Waals surface area contributed by atoms with Crippen molar-refractivity contribution in [2.45, 2.75) is 0 Å². The number of phenolic OH excluding ortho intramolecular Hbond substituents is 1. The second-order valence-corrected chi connectivity index (χ2v) is 4.94. The van der Waals surface area contributed by atoms with Gasteiger partial charge in [-0.3, -0.25) is 4.79 Å². The van der Waals surface area contributed by atoms with E-state index in [0.29, 0.717) is 5.69 Å². The molecule has 0 aliphatic carbocycles. The van der Waals surface area contributed by atoms with E-state index >= 15 is 0 Å². The van der Waals surface area contributed by atoms with Gasteiger partial charge in [0.1, 0.15) is 5.75 Å². The third-order valence-corrected chi connectivity index (χ3v) is 3.36. The van der Waals surface area contributed by atoms with Crippen LogP contribution >= 0.6 is 23.2 Å². The third-order valence-electron chi connectivity index (χ3n) is 2.64. The van der Waals surface area contributed by atoms with E-state index in [2.05, 4.69) is 5.32 Å². The van der Waals surface area contributed by atoms with Crippen molar-refractivity contribution in [3.8, 4) is 5.75 Å². The fourth-order valence-electron chi connectivity index (χ4n) is 1.69. The molecule has 108 valence electrons. The minimum atomic E-state index is -1.30. The normalized spacial score (nSPS) is 10.2. The number of anilines is 1. The summed E-state index contributed by atoms with van der Waals surface area (Å²) in [5, 5.41) is 21.0. The quantitative estimate of drug-likeness (QED) is 0.803. The molecule has 7 heteroatoms. The Labute approximate surface area is 129 Å². The summed E-state index contributed by atoms with van der Waals surface area (Å²) in [4.78, 5) is 23.3. The number of phenols is 1. The Balaban J connectivity index is 2.39. The van der Waals surface area contributed by atoms with Crippen molar-refractivity contribution >= 4 is 40.8 Å². The van der Waals surface area contributed by atoms with E-state index < -0.39 is 11.9 Å². The van der Waals surface area contributed by atoms with Crippen LogP contribution in [-0.2, 0) is 0 Å². The first-order valence-corrected chi connectivity index (χ1v) is 6.47. The zero-order valence-corrected chi connectivity index (χ0v) is 11.9. The van der Waals surface area contributed by atoms with Gasteiger partial charge in [0, 0.05) is 11.8 Å². The van der Waals surface area contributed by atoms with Gasteiger partial charge in [-0.2, -0.15) is 0 Å². The van der Waals surface area contributed by atoms with Gasteiger partial charge in [0.2, 0.25) is 0 Å². The Morgan fingerprint density at radius 2 is 1.62 bits per heavy atom. The molecule has 0 radical (unpaired) electrons. The zero-order chi connectivity index (χ0) is 15.6. The molecule has 1 amide bonds. The number of carboxylic acid groups (broad SMARTS) is 1. The summed E-state index contributed by atoms with van der Waals surface area (Å²) in [5.41, 5.74) is -0.0651. The highest BCUT2D eigenvalue weighted by Crippen LogP contribution is 2.27. The minimum Gasteiger partial charge on any atom is -0.508 e. The number of rotatable bonds is 3. The Kier molecular flexibility index (Phi) is 4.35. The van der Waals surface area contributed by atoms with Crippen LogP contribution in [0.3, 0.4) is 0 Å². The highest BCUT2D eigenvalue weighted by Gasteiger charge is 2.19. The van der Waals surface area contributed by atoms with Gasteiger partial charge < -0.3 is 15.5 Å². The average Bonchev–Trinajstić information content (AvgIpc) is 2.41. The summed E-state index contributed by atoms with van der Waals surface area (Å²) in [6.07, 6.45) is 0. The summed E-state index contributed by atoms with van der Waals surface area (Å²) >= 11 is 11.6. The second-order valence-electron chi connectivity index (χ2n) is 4.12. The van der Waals surface area contributed by atoms with E-state index in [9.17, 15) is 14.7 Å². The smallest absolute Gasteiger partial charge is 0.336 e. The molecule has 2 aromatic carbocycles. The van der Waals surface area contributed by atoms with Crippen LogP contribution in [0.5, 0.6) is 5.75 Å². The van der Waals surface area contributed by atoms with Crippen LogP contribution < -0.4 is 5.32 Å². The molecule has 0 atom stereocenters. The number of carboxylic acids is 1. The first-order chi connectivity index (χ1) is 9.88. The Hall–Kier alpha value is -2.24. The van der Waals surface area contributed by atoms with Crippen LogP contribution in [0, 0.1) is 0 Å². The summed E-state index contributed by atoms with van der Waals surface area (Å²) in [7, 11) is 0. The van der Waals surface area contributed by atoms with Crippen molar-refractivity contribution in [3.05, 3.63) is 57.6 Å². The number of hydrogen-bond donors (Lipinski definition) is 3. The molecule has 0 bridgehead atoms. The number of hydrogen-bond acceptors (Lipinski definition) is 3. The van der Waals surface area contributed by atoms with E-state index in [1.165, 1.54) is 24.3 Å². The predicted molar refractivity (Wildman–Crippen MR) is 79.5 cm³/mol. The molecule has 2 rings (SSSR count). The van der Waals surface area contributed by atoms with E-state index in [1.807, 2.05) is 0 Å². The number of amides is 1. The standard InChI is InChI=1S/C14H9Cl2NO4/c15-11-5-9(10(14(20)21)6-12(11)16)13(19)17-7-2-1-3-8(18)4-7/h1-6,18H,(H,17,19)(H,20,21). The van der Waals surface area contributed by atoms with Gasteiger partial charge in [-0.05, 0) is 24.3 Å². The highest BCUT2D eigenvalue weighted by molar-refractivity contribution is 6.42. The molecule has 3 N–H and O–H groups in total. The molecule has 2 aromatic rings. The van der Waals surface area contributed by atoms with Gasteiger partial charge >= 0.3 is 5.97 Å². The van der Waals surface area contributed by atoms with E-state index in [4.69, 9.17) is 28.3 Å². The third kappa shape index (κ3) is 3.45. The lowest BCUT2D eigenvalue weighted by atomic mass is 10.1. The van der Waals surface area contributed by atoms with Crippen LogP contribution in [0.15, 0.2) is 36.4 Å². The van der Waals surface area contributed by atoms with E-state index in [-0.39, 0.29) is 26.9 Å². The van der Waals surface area contributed by atoms with Crippen molar-refractivity contribution in [1.29, 1.82) is 0 Å². The molecule has 21 heavy (non-hydrogen) atoms. The van der Waals surface area contributed by atoms with Crippen LogP contribution in [0.4, 0.5) is 5.69 Å². The topological polar surface area (TPSA) is 86.6 Å². The zero-order valence-electron chi connectivity index (χ0n) is 10.4. The number of aromatic hydroxyl groups is 1. The SMILES string of the molecule is O=C(O)c1cc(Cl)c(Cl)cc1C(=O)Nc1cccc(O)c1. The van der Waals surface area contributed by atoms with Crippen LogP contribution in [0.1, 0.15) is 20.7 Å². The number of benzene rings is 2. The average molecular weight is 326 g/mol. The van der Waals surface area contributed by atoms with Gasteiger partial charge in [-0.25, -0.2) is 4.79 Å². The van der Waals surface area contributed by atoms with Gasteiger partial charge in [-0.15, -0.1) is 0 Å². The van der Waals surface area contributed by atoms with Crippen LogP contribution in [0.25, 0.3) is 0 Å². The number of aromatic carboxylic acids is 1. The summed E-state index contributed by atoms with van der Waals surface area (Å²) < 4.78 is 0. The van der Waals surface area contributed by atoms with Crippen molar-refractivity contribution in [1.82, 2.24) is 0 Å². The van der Waals surface area contributed by atoms with Crippen molar-refractivity contribution in [2.24, 2.45) is 0 Å². The largest absolute Gasteiger partial charge is 0.508 e. The number of nitrogens with one attached hydrogen (secondary N) is 1. The highest BCUT2D eigenvalue weighted by atomic mass is 35.5. The first-order valence-electron chi connectivity index (χ1n) is 5.71. The van der Waals surface area contributed by atoms with Crippen LogP contribution in [0.2, 0.25) is 10.0 Å². The Morgan fingerprint density at radius 3 is 2.19 bits per heavy atom. The molecular weight excluding hydrogens is 317 g/mol. The molecule has 0 spiro atoms. The van der Waals surface area contributed by atoms with Crippen LogP contribution in [-0.4, -0.2) is 22.1 Å². The van der Waals surface area contributed by atoms with E-state index in [0.717, 1.165) is 6.07 Å². The van der Waals surface area contributed by atoms with Crippen molar-refractivity contribution in [2.75, 3.05) is 5.32 Å². The van der Waals surface area contributed by atoms with Crippen molar-refractivity contribution in [3.63, 3.8) is 0 Å². The lowest BCUT2D eigenvalue weighted by Crippen LogP contribution is -2.16. The Morgan fingerprint density at radius 1 is 1.00 bits per heavy atom. The van der Waals surface area contributed by atoms with Crippen molar-refractivity contribution < 1.29 is 19.8 Å². The molecule has 0 saturated carbocycles. The molecule has 0 heterocycles. The summed E-state index contributed by atoms with van der Waals surface area (Å²) in [5.74, 6) is -1.99. The first kappa shape index (κ1) is 15.2. The fraction of sp³-hybridized carbons (Fsp3) is 0. The second kappa shape index (κ2) is 6.03. The molecule has 5 nitrogen and oxygen atoms in total. The Bertz CT molecular complexity index is 731. The molecule has 0 aromatic heterocycles. The maximum Gasteiger partial charge on any atom is 0.336 e. The molecular formula is C14H9Cl2NO4. The summed E-state index contributed by atoms with van der Waals surface area (Å²) in [6.45, 7) is 0. The maximum atomic E-state index is 12.2. The molecule has 0 aliphatic heterocycles. The molecule has 0 unspecified atom stereocenters. The summed E-state index contributed by atoms with van der Waals surface area (Å²) in [6, 6.07) is 8.16. The number of halogens is 2. The van der Waals surface area contributed by atoms with E-state index in [1.54, 1.807) is 6.07 Å². The predicted octanol–water partition coefficient (Wildman–Crippen LogP) is 3.65. The number of carbonyl (C=O) groups excluding carboxylic acids is 1. The lowest BCUT2D eigenvalue weighted by Gasteiger charge is -2.09. The molecule has 0 aliphatic rings. The van der Waals surface area contributed by atoms with Gasteiger partial charge in [0.05, 0.1) is 21.2 Å². The van der Waals surface area contributed by atoms with Gasteiger partial charge in [-0.1, -0.05) is 29.3 Å². The minimum absolute atomic E-state index is 0.0274. The maximum absolute atomic E-state index is 12.2. The molecule has 0 saturated heterocycles.